The van der Waals surface area contributed by atoms with Gasteiger partial charge >= 0.3 is 0 Å². The van der Waals surface area contributed by atoms with E-state index in [2.05, 4.69) is 32.9 Å². The van der Waals surface area contributed by atoms with Gasteiger partial charge in [-0.1, -0.05) is 12.1 Å². The van der Waals surface area contributed by atoms with Crippen molar-refractivity contribution in [2.75, 3.05) is 11.5 Å². The Balaban J connectivity index is 2.08. The zero-order chi connectivity index (χ0) is 13.1. The molecule has 100 valence electrons. The van der Waals surface area contributed by atoms with Crippen molar-refractivity contribution in [3.8, 4) is 0 Å². The van der Waals surface area contributed by atoms with Gasteiger partial charge in [0.05, 0.1) is 6.10 Å². The van der Waals surface area contributed by atoms with Crippen LogP contribution in [0, 0.1) is 26.7 Å². The summed E-state index contributed by atoms with van der Waals surface area (Å²) in [6.45, 7) is 6.38. The molecule has 1 atom stereocenters. The molecule has 1 aliphatic heterocycles. The van der Waals surface area contributed by atoms with Crippen LogP contribution in [0.1, 0.15) is 47.6 Å². The van der Waals surface area contributed by atoms with Crippen LogP contribution in [-0.2, 0) is 0 Å². The number of rotatable bonds is 3. The van der Waals surface area contributed by atoms with E-state index in [1.807, 2.05) is 11.8 Å². The highest BCUT2D eigenvalue weighted by atomic mass is 32.2. The normalized spacial score (nSPS) is 18.9. The Morgan fingerprint density at radius 1 is 1.11 bits per heavy atom. The SMILES string of the molecule is Cc1cc(C)c(C(O)CC2CCSCC2)cc1C. The minimum atomic E-state index is -0.280. The van der Waals surface area contributed by atoms with Gasteiger partial charge in [-0.25, -0.2) is 0 Å². The van der Waals surface area contributed by atoms with E-state index < -0.39 is 0 Å². The highest BCUT2D eigenvalue weighted by molar-refractivity contribution is 7.99. The molecule has 0 bridgehead atoms. The molecule has 1 aromatic carbocycles. The molecule has 1 unspecified atom stereocenters. The van der Waals surface area contributed by atoms with E-state index in [0.29, 0.717) is 5.92 Å². The van der Waals surface area contributed by atoms with Crippen LogP contribution in [0.25, 0.3) is 0 Å². The van der Waals surface area contributed by atoms with Crippen LogP contribution >= 0.6 is 11.8 Å². The van der Waals surface area contributed by atoms with E-state index in [1.54, 1.807) is 0 Å². The molecule has 2 rings (SSSR count). The summed E-state index contributed by atoms with van der Waals surface area (Å²) in [6.07, 6.45) is 3.19. The molecule has 1 aliphatic rings. The molecular formula is C16H24OS. The molecule has 0 saturated carbocycles. The summed E-state index contributed by atoms with van der Waals surface area (Å²) in [5.74, 6) is 3.24. The van der Waals surface area contributed by atoms with Crippen molar-refractivity contribution in [2.24, 2.45) is 5.92 Å². The lowest BCUT2D eigenvalue weighted by Gasteiger charge is -2.25. The average Bonchev–Trinajstić information content (AvgIpc) is 2.35. The third-order valence-electron chi connectivity index (χ3n) is 4.14. The lowest BCUT2D eigenvalue weighted by Crippen LogP contribution is -2.14. The Labute approximate surface area is 115 Å². The van der Waals surface area contributed by atoms with Crippen molar-refractivity contribution < 1.29 is 5.11 Å². The Bertz CT molecular complexity index is 408. The molecule has 1 heterocycles. The lowest BCUT2D eigenvalue weighted by atomic mass is 9.89. The third kappa shape index (κ3) is 3.30. The quantitative estimate of drug-likeness (QED) is 0.884. The van der Waals surface area contributed by atoms with Crippen molar-refractivity contribution in [3.63, 3.8) is 0 Å². The zero-order valence-electron chi connectivity index (χ0n) is 11.7. The van der Waals surface area contributed by atoms with Gasteiger partial charge in [0.1, 0.15) is 0 Å². The fourth-order valence-corrected chi connectivity index (χ4v) is 3.97. The van der Waals surface area contributed by atoms with Crippen LogP contribution in [0.3, 0.4) is 0 Å². The van der Waals surface area contributed by atoms with Gasteiger partial charge in [-0.3, -0.25) is 0 Å². The monoisotopic (exact) mass is 264 g/mol. The fraction of sp³-hybridized carbons (Fsp3) is 0.625. The summed E-state index contributed by atoms with van der Waals surface area (Å²) in [5, 5.41) is 10.5. The summed E-state index contributed by atoms with van der Waals surface area (Å²) in [5.41, 5.74) is 4.97. The third-order valence-corrected chi connectivity index (χ3v) is 5.19. The average molecular weight is 264 g/mol. The molecule has 1 saturated heterocycles. The van der Waals surface area contributed by atoms with Crippen molar-refractivity contribution >= 4 is 11.8 Å². The van der Waals surface area contributed by atoms with Gasteiger partial charge in [-0.15, -0.1) is 0 Å². The maximum absolute atomic E-state index is 10.5. The van der Waals surface area contributed by atoms with Crippen molar-refractivity contribution in [1.82, 2.24) is 0 Å². The Morgan fingerprint density at radius 2 is 1.72 bits per heavy atom. The summed E-state index contributed by atoms with van der Waals surface area (Å²) >= 11 is 2.05. The van der Waals surface area contributed by atoms with Crippen molar-refractivity contribution in [3.05, 3.63) is 34.4 Å². The first-order valence-electron chi connectivity index (χ1n) is 6.91. The molecule has 1 aromatic rings. The second kappa shape index (κ2) is 6.12. The van der Waals surface area contributed by atoms with E-state index in [1.165, 1.54) is 41.0 Å². The smallest absolute Gasteiger partial charge is 0.0795 e. The van der Waals surface area contributed by atoms with Gasteiger partial charge in [-0.05, 0) is 79.7 Å². The number of aliphatic hydroxyl groups excluding tert-OH is 1. The van der Waals surface area contributed by atoms with Crippen LogP contribution in [-0.4, -0.2) is 16.6 Å². The second-order valence-electron chi connectivity index (χ2n) is 5.60. The highest BCUT2D eigenvalue weighted by Crippen LogP contribution is 2.32. The van der Waals surface area contributed by atoms with Crippen molar-refractivity contribution in [2.45, 2.75) is 46.1 Å². The molecule has 1 N–H and O–H groups in total. The summed E-state index contributed by atoms with van der Waals surface area (Å²) in [7, 11) is 0. The molecule has 0 spiro atoms. The van der Waals surface area contributed by atoms with Gasteiger partial charge < -0.3 is 5.11 Å². The van der Waals surface area contributed by atoms with E-state index >= 15 is 0 Å². The van der Waals surface area contributed by atoms with Crippen LogP contribution in [0.15, 0.2) is 12.1 Å². The largest absolute Gasteiger partial charge is 0.388 e. The predicted molar refractivity (Wildman–Crippen MR) is 80.3 cm³/mol. The van der Waals surface area contributed by atoms with Gasteiger partial charge in [-0.2, -0.15) is 11.8 Å². The number of aryl methyl sites for hydroxylation is 3. The van der Waals surface area contributed by atoms with Crippen LogP contribution in [0.4, 0.5) is 0 Å². The van der Waals surface area contributed by atoms with Crippen LogP contribution in [0.5, 0.6) is 0 Å². The molecule has 0 radical (unpaired) electrons. The minimum Gasteiger partial charge on any atom is -0.388 e. The molecule has 1 fully saturated rings. The van der Waals surface area contributed by atoms with E-state index in [0.717, 1.165) is 12.0 Å². The molecule has 1 nitrogen and oxygen atoms in total. The first-order chi connectivity index (χ1) is 8.58. The maximum Gasteiger partial charge on any atom is 0.0795 e. The van der Waals surface area contributed by atoms with Gasteiger partial charge in [0.25, 0.3) is 0 Å². The molecule has 18 heavy (non-hydrogen) atoms. The van der Waals surface area contributed by atoms with Crippen LogP contribution in [0.2, 0.25) is 0 Å². The van der Waals surface area contributed by atoms with E-state index in [9.17, 15) is 5.11 Å². The molecule has 0 amide bonds. The number of benzene rings is 1. The summed E-state index contributed by atoms with van der Waals surface area (Å²) in [4.78, 5) is 0. The van der Waals surface area contributed by atoms with Gasteiger partial charge in [0, 0.05) is 0 Å². The number of hydrogen-bond donors (Lipinski definition) is 1. The highest BCUT2D eigenvalue weighted by Gasteiger charge is 2.20. The number of aliphatic hydroxyl groups is 1. The van der Waals surface area contributed by atoms with Gasteiger partial charge in [0.2, 0.25) is 0 Å². The van der Waals surface area contributed by atoms with Gasteiger partial charge in [0.15, 0.2) is 0 Å². The number of hydrogen-bond acceptors (Lipinski definition) is 2. The first kappa shape index (κ1) is 14.0. The first-order valence-corrected chi connectivity index (χ1v) is 8.07. The van der Waals surface area contributed by atoms with E-state index in [-0.39, 0.29) is 6.10 Å². The summed E-state index contributed by atoms with van der Waals surface area (Å²) in [6, 6.07) is 4.37. The van der Waals surface area contributed by atoms with E-state index in [4.69, 9.17) is 0 Å². The molecule has 0 aromatic heterocycles. The number of thioether (sulfide) groups is 1. The lowest BCUT2D eigenvalue weighted by molar-refractivity contribution is 0.140. The molecule has 2 heteroatoms. The minimum absolute atomic E-state index is 0.280. The Kier molecular flexibility index (Phi) is 4.74. The zero-order valence-corrected chi connectivity index (χ0v) is 12.5. The predicted octanol–water partition coefficient (Wildman–Crippen LogP) is 4.18. The standard InChI is InChI=1S/C16H24OS/c1-11-8-13(3)15(9-12(11)2)16(17)10-14-4-6-18-7-5-14/h8-9,14,16-17H,4-7,10H2,1-3H3. The molecule has 0 aliphatic carbocycles. The Hall–Kier alpha value is -0.470. The second-order valence-corrected chi connectivity index (χ2v) is 6.83. The maximum atomic E-state index is 10.5. The topological polar surface area (TPSA) is 20.2 Å². The fourth-order valence-electron chi connectivity index (χ4n) is 2.77. The molecular weight excluding hydrogens is 240 g/mol. The Morgan fingerprint density at radius 3 is 2.39 bits per heavy atom. The summed E-state index contributed by atoms with van der Waals surface area (Å²) < 4.78 is 0. The van der Waals surface area contributed by atoms with Crippen LogP contribution < -0.4 is 0 Å². The van der Waals surface area contributed by atoms with Crippen molar-refractivity contribution in [1.29, 1.82) is 0 Å².